The number of nitrogens with one attached hydrogen (secondary N) is 2. The number of nitrogens with zero attached hydrogens (tertiary/aromatic N) is 1. The van der Waals surface area contributed by atoms with E-state index >= 15 is 0 Å². The van der Waals surface area contributed by atoms with Crippen LogP contribution < -0.4 is 10.6 Å². The maximum atomic E-state index is 11.6. The molecule has 1 aromatic heterocycles. The Hall–Kier alpha value is -1.11. The van der Waals surface area contributed by atoms with Gasteiger partial charge in [-0.15, -0.1) is 11.3 Å². The standard InChI is InChI=1S/C14H23N3O2S/c1-11-9-17(10-12(2)19-11)6-5-15-14(18)16-8-13-4-3-7-20-13/h3-4,7,11-12H,5-6,8-10H2,1-2H3,(H2,15,16,18)/t11-,12-/m0/s1. The molecule has 0 radical (unpaired) electrons. The molecule has 0 bridgehead atoms. The van der Waals surface area contributed by atoms with Gasteiger partial charge in [-0.2, -0.15) is 0 Å². The van der Waals surface area contributed by atoms with E-state index in [0.29, 0.717) is 13.1 Å². The van der Waals surface area contributed by atoms with Crippen LogP contribution in [-0.4, -0.2) is 49.3 Å². The summed E-state index contributed by atoms with van der Waals surface area (Å²) in [6.07, 6.45) is 0.540. The summed E-state index contributed by atoms with van der Waals surface area (Å²) < 4.78 is 5.68. The highest BCUT2D eigenvalue weighted by Gasteiger charge is 2.21. The molecule has 6 heteroatoms. The van der Waals surface area contributed by atoms with Crippen LogP contribution in [0, 0.1) is 0 Å². The second kappa shape index (κ2) is 7.61. The number of rotatable bonds is 5. The lowest BCUT2D eigenvalue weighted by Crippen LogP contribution is -2.48. The van der Waals surface area contributed by atoms with Gasteiger partial charge < -0.3 is 15.4 Å². The third-order valence-corrected chi connectivity index (χ3v) is 4.09. The molecule has 0 aliphatic carbocycles. The molecule has 20 heavy (non-hydrogen) atoms. The van der Waals surface area contributed by atoms with Gasteiger partial charge in [0.05, 0.1) is 18.8 Å². The van der Waals surface area contributed by atoms with Crippen LogP contribution in [0.5, 0.6) is 0 Å². The van der Waals surface area contributed by atoms with E-state index in [1.54, 1.807) is 11.3 Å². The highest BCUT2D eigenvalue weighted by Crippen LogP contribution is 2.09. The Morgan fingerprint density at radius 3 is 2.80 bits per heavy atom. The molecule has 0 unspecified atom stereocenters. The average Bonchev–Trinajstić information content (AvgIpc) is 2.88. The van der Waals surface area contributed by atoms with Crippen LogP contribution in [-0.2, 0) is 11.3 Å². The van der Waals surface area contributed by atoms with Gasteiger partial charge in [0.2, 0.25) is 0 Å². The highest BCUT2D eigenvalue weighted by molar-refractivity contribution is 7.09. The molecular formula is C14H23N3O2S. The van der Waals surface area contributed by atoms with Crippen molar-refractivity contribution in [3.8, 4) is 0 Å². The molecular weight excluding hydrogens is 274 g/mol. The first-order valence-electron chi connectivity index (χ1n) is 7.05. The van der Waals surface area contributed by atoms with Crippen LogP contribution in [0.2, 0.25) is 0 Å². The van der Waals surface area contributed by atoms with Crippen LogP contribution in [0.4, 0.5) is 4.79 Å². The summed E-state index contributed by atoms with van der Waals surface area (Å²) in [5.41, 5.74) is 0. The molecule has 2 atom stereocenters. The fraction of sp³-hybridized carbons (Fsp3) is 0.643. The smallest absolute Gasteiger partial charge is 0.315 e. The maximum Gasteiger partial charge on any atom is 0.315 e. The molecule has 112 valence electrons. The summed E-state index contributed by atoms with van der Waals surface area (Å²) in [6, 6.07) is 3.90. The summed E-state index contributed by atoms with van der Waals surface area (Å²) >= 11 is 1.65. The SMILES string of the molecule is C[C@H]1CN(CCNC(=O)NCc2cccs2)C[C@H](C)O1. The zero-order chi connectivity index (χ0) is 14.4. The van der Waals surface area contributed by atoms with Crippen molar-refractivity contribution < 1.29 is 9.53 Å². The van der Waals surface area contributed by atoms with Gasteiger partial charge in [-0.05, 0) is 25.3 Å². The lowest BCUT2D eigenvalue weighted by atomic mass is 10.2. The first-order chi connectivity index (χ1) is 9.63. The third kappa shape index (κ3) is 5.11. The third-order valence-electron chi connectivity index (χ3n) is 3.21. The van der Waals surface area contributed by atoms with Gasteiger partial charge in [-0.3, -0.25) is 4.90 Å². The number of hydrogen-bond donors (Lipinski definition) is 2. The van der Waals surface area contributed by atoms with E-state index in [-0.39, 0.29) is 18.2 Å². The molecule has 1 aliphatic heterocycles. The number of morpholine rings is 1. The molecule has 1 fully saturated rings. The van der Waals surface area contributed by atoms with Crippen molar-refractivity contribution in [3.63, 3.8) is 0 Å². The second-order valence-electron chi connectivity index (χ2n) is 5.21. The van der Waals surface area contributed by atoms with Crippen LogP contribution in [0.1, 0.15) is 18.7 Å². The molecule has 5 nitrogen and oxygen atoms in total. The summed E-state index contributed by atoms with van der Waals surface area (Å²) in [5.74, 6) is 0. The van der Waals surface area contributed by atoms with Gasteiger partial charge in [0.15, 0.2) is 0 Å². The quantitative estimate of drug-likeness (QED) is 0.869. The van der Waals surface area contributed by atoms with E-state index in [1.165, 1.54) is 0 Å². The molecule has 2 rings (SSSR count). The predicted molar refractivity (Wildman–Crippen MR) is 81.0 cm³/mol. The number of carbonyl (C=O) groups is 1. The van der Waals surface area contributed by atoms with E-state index < -0.39 is 0 Å². The number of amides is 2. The Bertz CT molecular complexity index is 401. The zero-order valence-electron chi connectivity index (χ0n) is 12.1. The maximum absolute atomic E-state index is 11.6. The van der Waals surface area contributed by atoms with Crippen molar-refractivity contribution in [2.75, 3.05) is 26.2 Å². The number of ether oxygens (including phenoxy) is 1. The van der Waals surface area contributed by atoms with Crippen molar-refractivity contribution in [2.45, 2.75) is 32.6 Å². The van der Waals surface area contributed by atoms with Gasteiger partial charge >= 0.3 is 6.03 Å². The van der Waals surface area contributed by atoms with Crippen molar-refractivity contribution >= 4 is 17.4 Å². The zero-order valence-corrected chi connectivity index (χ0v) is 12.9. The first kappa shape index (κ1) is 15.3. The van der Waals surface area contributed by atoms with Crippen LogP contribution in [0.25, 0.3) is 0 Å². The van der Waals surface area contributed by atoms with Crippen molar-refractivity contribution in [1.82, 2.24) is 15.5 Å². The van der Waals surface area contributed by atoms with Crippen molar-refractivity contribution in [2.24, 2.45) is 0 Å². The van der Waals surface area contributed by atoms with Gasteiger partial charge in [0.1, 0.15) is 0 Å². The van der Waals surface area contributed by atoms with Crippen LogP contribution >= 0.6 is 11.3 Å². The minimum atomic E-state index is -0.104. The molecule has 2 heterocycles. The van der Waals surface area contributed by atoms with Crippen molar-refractivity contribution in [3.05, 3.63) is 22.4 Å². The van der Waals surface area contributed by atoms with E-state index in [9.17, 15) is 4.79 Å². The Morgan fingerprint density at radius 1 is 1.40 bits per heavy atom. The number of carbonyl (C=O) groups excluding carboxylic acids is 1. The fourth-order valence-electron chi connectivity index (χ4n) is 2.44. The number of thiophene rings is 1. The molecule has 2 N–H and O–H groups in total. The molecule has 0 spiro atoms. The summed E-state index contributed by atoms with van der Waals surface area (Å²) in [5, 5.41) is 7.76. The van der Waals surface area contributed by atoms with E-state index in [4.69, 9.17) is 4.74 Å². The van der Waals surface area contributed by atoms with Gasteiger partial charge in [0.25, 0.3) is 0 Å². The van der Waals surface area contributed by atoms with Crippen LogP contribution in [0.15, 0.2) is 17.5 Å². The molecule has 2 amide bonds. The largest absolute Gasteiger partial charge is 0.373 e. The minimum absolute atomic E-state index is 0.104. The fourth-order valence-corrected chi connectivity index (χ4v) is 3.08. The predicted octanol–water partition coefficient (Wildman–Crippen LogP) is 1.66. The Kier molecular flexibility index (Phi) is 5.82. The first-order valence-corrected chi connectivity index (χ1v) is 7.93. The lowest BCUT2D eigenvalue weighted by molar-refractivity contribution is -0.0672. The topological polar surface area (TPSA) is 53.6 Å². The normalized spacial score (nSPS) is 23.5. The van der Waals surface area contributed by atoms with E-state index in [2.05, 4.69) is 29.4 Å². The monoisotopic (exact) mass is 297 g/mol. The molecule has 1 saturated heterocycles. The molecule has 0 saturated carbocycles. The van der Waals surface area contributed by atoms with Gasteiger partial charge in [-0.25, -0.2) is 4.79 Å². The van der Waals surface area contributed by atoms with E-state index in [1.807, 2.05) is 17.5 Å². The molecule has 1 aromatic rings. The summed E-state index contributed by atoms with van der Waals surface area (Å²) in [7, 11) is 0. The summed E-state index contributed by atoms with van der Waals surface area (Å²) in [6.45, 7) is 8.16. The molecule has 1 aliphatic rings. The number of urea groups is 1. The van der Waals surface area contributed by atoms with Crippen LogP contribution in [0.3, 0.4) is 0 Å². The Balaban J connectivity index is 1.59. The average molecular weight is 297 g/mol. The van der Waals surface area contributed by atoms with Crippen molar-refractivity contribution in [1.29, 1.82) is 0 Å². The second-order valence-corrected chi connectivity index (χ2v) is 6.24. The Morgan fingerprint density at radius 2 is 2.15 bits per heavy atom. The molecule has 0 aromatic carbocycles. The van der Waals surface area contributed by atoms with E-state index in [0.717, 1.165) is 24.5 Å². The van der Waals surface area contributed by atoms with Gasteiger partial charge in [0, 0.05) is 31.1 Å². The highest BCUT2D eigenvalue weighted by atomic mass is 32.1. The Labute approximate surface area is 124 Å². The lowest BCUT2D eigenvalue weighted by Gasteiger charge is -2.35. The minimum Gasteiger partial charge on any atom is -0.373 e. The van der Waals surface area contributed by atoms with Gasteiger partial charge in [-0.1, -0.05) is 6.07 Å². The number of hydrogen-bond acceptors (Lipinski definition) is 4. The summed E-state index contributed by atoms with van der Waals surface area (Å²) in [4.78, 5) is 15.1.